The van der Waals surface area contributed by atoms with E-state index in [1.807, 2.05) is 0 Å². The van der Waals surface area contributed by atoms with Crippen molar-refractivity contribution < 1.29 is 4.79 Å². The summed E-state index contributed by atoms with van der Waals surface area (Å²) in [6.07, 6.45) is 5.15. The van der Waals surface area contributed by atoms with Crippen molar-refractivity contribution in [3.05, 3.63) is 35.4 Å². The van der Waals surface area contributed by atoms with Crippen LogP contribution in [0.2, 0.25) is 0 Å². The summed E-state index contributed by atoms with van der Waals surface area (Å²) in [6, 6.07) is 8.72. The van der Waals surface area contributed by atoms with Crippen LogP contribution in [0.25, 0.3) is 0 Å². The minimum Gasteiger partial charge on any atom is -0.299 e. The second-order valence-electron chi connectivity index (χ2n) is 5.49. The van der Waals surface area contributed by atoms with Crippen molar-refractivity contribution in [2.24, 2.45) is 5.92 Å². The molecule has 0 spiro atoms. The first-order valence-corrected chi connectivity index (χ1v) is 6.78. The summed E-state index contributed by atoms with van der Waals surface area (Å²) < 4.78 is 0. The van der Waals surface area contributed by atoms with Gasteiger partial charge in [0.15, 0.2) is 0 Å². The summed E-state index contributed by atoms with van der Waals surface area (Å²) in [4.78, 5) is 11.8. The van der Waals surface area contributed by atoms with Crippen molar-refractivity contribution in [3.63, 3.8) is 0 Å². The van der Waals surface area contributed by atoms with Crippen LogP contribution in [0.5, 0.6) is 0 Å². The van der Waals surface area contributed by atoms with Gasteiger partial charge < -0.3 is 0 Å². The highest BCUT2D eigenvalue weighted by Gasteiger charge is 2.24. The number of benzene rings is 1. The van der Waals surface area contributed by atoms with Gasteiger partial charge in [-0.05, 0) is 36.3 Å². The molecule has 1 saturated carbocycles. The van der Waals surface area contributed by atoms with Crippen LogP contribution in [0.3, 0.4) is 0 Å². The number of hydrogen-bond donors (Lipinski definition) is 0. The standard InChI is InChI=1S/C16H22O/c1-12(2)14-9-6-13(7-10-14)8-11-16(17)15-4-3-5-15/h6-7,9-10,12,15H,3-5,8,11H2,1-2H3. The van der Waals surface area contributed by atoms with Crippen molar-refractivity contribution in [3.8, 4) is 0 Å². The maximum atomic E-state index is 11.8. The SMILES string of the molecule is CC(C)c1ccc(CCC(=O)C2CCC2)cc1. The van der Waals surface area contributed by atoms with E-state index in [0.717, 1.165) is 25.7 Å². The number of hydrogen-bond acceptors (Lipinski definition) is 1. The van der Waals surface area contributed by atoms with Crippen LogP contribution in [0.4, 0.5) is 0 Å². The van der Waals surface area contributed by atoms with Gasteiger partial charge in [0, 0.05) is 12.3 Å². The molecular weight excluding hydrogens is 208 g/mol. The number of Topliss-reactive ketones (excluding diaryl/α,β-unsaturated/α-hetero) is 1. The van der Waals surface area contributed by atoms with Gasteiger partial charge in [-0.3, -0.25) is 4.79 Å². The van der Waals surface area contributed by atoms with Crippen LogP contribution in [-0.2, 0) is 11.2 Å². The molecule has 0 unspecified atom stereocenters. The average Bonchev–Trinajstić information content (AvgIpc) is 2.24. The van der Waals surface area contributed by atoms with Crippen molar-refractivity contribution in [1.29, 1.82) is 0 Å². The minimum absolute atomic E-state index is 0.393. The number of rotatable bonds is 5. The number of ketones is 1. The molecular formula is C16H22O. The molecule has 17 heavy (non-hydrogen) atoms. The Morgan fingerprint density at radius 3 is 2.35 bits per heavy atom. The van der Waals surface area contributed by atoms with Gasteiger partial charge >= 0.3 is 0 Å². The van der Waals surface area contributed by atoms with Gasteiger partial charge in [-0.25, -0.2) is 0 Å². The summed E-state index contributed by atoms with van der Waals surface area (Å²) in [5.74, 6) is 1.45. The van der Waals surface area contributed by atoms with Crippen LogP contribution >= 0.6 is 0 Å². The fourth-order valence-electron chi connectivity index (χ4n) is 2.27. The molecule has 0 aliphatic heterocycles. The second-order valence-corrected chi connectivity index (χ2v) is 5.49. The first kappa shape index (κ1) is 12.3. The molecule has 1 aromatic carbocycles. The maximum absolute atomic E-state index is 11.8. The summed E-state index contributed by atoms with van der Waals surface area (Å²) >= 11 is 0. The molecule has 1 aliphatic carbocycles. The highest BCUT2D eigenvalue weighted by atomic mass is 16.1. The lowest BCUT2D eigenvalue weighted by Crippen LogP contribution is -2.22. The van der Waals surface area contributed by atoms with Gasteiger partial charge in [-0.15, -0.1) is 0 Å². The molecule has 2 rings (SSSR count). The quantitative estimate of drug-likeness (QED) is 0.744. The largest absolute Gasteiger partial charge is 0.299 e. The van der Waals surface area contributed by atoms with Gasteiger partial charge in [0.05, 0.1) is 0 Å². The third-order valence-electron chi connectivity index (χ3n) is 3.87. The average molecular weight is 230 g/mol. The molecule has 0 aromatic heterocycles. The van der Waals surface area contributed by atoms with E-state index in [4.69, 9.17) is 0 Å². The Labute approximate surface area is 104 Å². The lowest BCUT2D eigenvalue weighted by atomic mass is 9.80. The number of aryl methyl sites for hydroxylation is 1. The topological polar surface area (TPSA) is 17.1 Å². The lowest BCUT2D eigenvalue weighted by molar-refractivity contribution is -0.125. The van der Waals surface area contributed by atoms with E-state index in [1.54, 1.807) is 0 Å². The zero-order chi connectivity index (χ0) is 12.3. The first-order chi connectivity index (χ1) is 8.16. The monoisotopic (exact) mass is 230 g/mol. The fourth-order valence-corrected chi connectivity index (χ4v) is 2.27. The number of carbonyl (C=O) groups is 1. The predicted molar refractivity (Wildman–Crippen MR) is 71.2 cm³/mol. The Morgan fingerprint density at radius 2 is 1.88 bits per heavy atom. The van der Waals surface area contributed by atoms with Crippen molar-refractivity contribution in [2.45, 2.75) is 51.9 Å². The normalized spacial score (nSPS) is 15.9. The molecule has 1 heteroatoms. The summed E-state index contributed by atoms with van der Waals surface area (Å²) in [5.41, 5.74) is 2.67. The van der Waals surface area contributed by atoms with Crippen LogP contribution in [0.15, 0.2) is 24.3 Å². The molecule has 1 nitrogen and oxygen atoms in total. The van der Waals surface area contributed by atoms with Crippen molar-refractivity contribution in [1.82, 2.24) is 0 Å². The molecule has 1 aliphatic rings. The Kier molecular flexibility index (Phi) is 3.98. The molecule has 0 bridgehead atoms. The van der Waals surface area contributed by atoms with Gasteiger partial charge in [-0.1, -0.05) is 44.5 Å². The molecule has 1 fully saturated rings. The lowest BCUT2D eigenvalue weighted by Gasteiger charge is -2.23. The maximum Gasteiger partial charge on any atom is 0.136 e. The summed E-state index contributed by atoms with van der Waals surface area (Å²) in [6.45, 7) is 4.41. The van der Waals surface area contributed by atoms with Crippen LogP contribution in [-0.4, -0.2) is 5.78 Å². The van der Waals surface area contributed by atoms with Crippen LogP contribution < -0.4 is 0 Å². The van der Waals surface area contributed by atoms with E-state index in [0.29, 0.717) is 17.6 Å². The van der Waals surface area contributed by atoms with E-state index in [9.17, 15) is 4.79 Å². The van der Waals surface area contributed by atoms with E-state index < -0.39 is 0 Å². The van der Waals surface area contributed by atoms with Crippen molar-refractivity contribution in [2.75, 3.05) is 0 Å². The Hall–Kier alpha value is -1.11. The van der Waals surface area contributed by atoms with Gasteiger partial charge in [0.1, 0.15) is 5.78 Å². The molecule has 92 valence electrons. The van der Waals surface area contributed by atoms with Gasteiger partial charge in [0.25, 0.3) is 0 Å². The Balaban J connectivity index is 1.84. The Bertz CT molecular complexity index is 371. The molecule has 0 saturated heterocycles. The minimum atomic E-state index is 0.393. The highest BCUT2D eigenvalue weighted by Crippen LogP contribution is 2.28. The van der Waals surface area contributed by atoms with Crippen LogP contribution in [0, 0.1) is 5.92 Å². The third-order valence-corrected chi connectivity index (χ3v) is 3.87. The smallest absolute Gasteiger partial charge is 0.136 e. The molecule has 1 aromatic rings. The molecule has 0 N–H and O–H groups in total. The van der Waals surface area contributed by atoms with Gasteiger partial charge in [0.2, 0.25) is 0 Å². The zero-order valence-corrected chi connectivity index (χ0v) is 10.9. The fraction of sp³-hybridized carbons (Fsp3) is 0.562. The number of carbonyl (C=O) groups excluding carboxylic acids is 1. The zero-order valence-electron chi connectivity index (χ0n) is 10.9. The molecule has 0 amide bonds. The molecule has 0 radical (unpaired) electrons. The van der Waals surface area contributed by atoms with Crippen molar-refractivity contribution >= 4 is 5.78 Å². The van der Waals surface area contributed by atoms with Crippen LogP contribution in [0.1, 0.15) is 56.6 Å². The second kappa shape index (κ2) is 5.48. The molecule has 0 heterocycles. The third kappa shape index (κ3) is 3.18. The molecule has 0 atom stereocenters. The van der Waals surface area contributed by atoms with E-state index in [2.05, 4.69) is 38.1 Å². The summed E-state index contributed by atoms with van der Waals surface area (Å²) in [5, 5.41) is 0. The predicted octanol–water partition coefficient (Wildman–Crippen LogP) is 4.11. The van der Waals surface area contributed by atoms with E-state index in [-0.39, 0.29) is 0 Å². The Morgan fingerprint density at radius 1 is 1.24 bits per heavy atom. The van der Waals surface area contributed by atoms with E-state index in [1.165, 1.54) is 17.5 Å². The van der Waals surface area contributed by atoms with E-state index >= 15 is 0 Å². The first-order valence-electron chi connectivity index (χ1n) is 6.78. The highest BCUT2D eigenvalue weighted by molar-refractivity contribution is 5.81. The summed E-state index contributed by atoms with van der Waals surface area (Å²) in [7, 11) is 0. The van der Waals surface area contributed by atoms with Gasteiger partial charge in [-0.2, -0.15) is 0 Å².